The summed E-state index contributed by atoms with van der Waals surface area (Å²) >= 11 is 4.67. The van der Waals surface area contributed by atoms with E-state index in [9.17, 15) is 9.59 Å². The number of rotatable bonds is 5. The number of carbonyl (C=O) groups is 2. The molecule has 0 bridgehead atoms. The number of thiophene rings is 1. The van der Waals surface area contributed by atoms with E-state index in [1.807, 2.05) is 36.6 Å². The third-order valence-electron chi connectivity index (χ3n) is 3.97. The molecule has 4 nitrogen and oxygen atoms in total. The van der Waals surface area contributed by atoms with E-state index >= 15 is 0 Å². The highest BCUT2D eigenvalue weighted by Crippen LogP contribution is 2.36. The summed E-state index contributed by atoms with van der Waals surface area (Å²) < 4.78 is 6.12. The fraction of sp³-hybridized carbons (Fsp3) is 0.143. The van der Waals surface area contributed by atoms with Gasteiger partial charge in [0.25, 0.3) is 5.91 Å². The molecule has 0 aliphatic carbocycles. The molecule has 0 aliphatic rings. The number of esters is 1. The molecule has 0 radical (unpaired) electrons. The van der Waals surface area contributed by atoms with Crippen molar-refractivity contribution in [1.29, 1.82) is 0 Å². The van der Waals surface area contributed by atoms with Crippen molar-refractivity contribution in [2.24, 2.45) is 0 Å². The average Bonchev–Trinajstić information content (AvgIpc) is 3.06. The second-order valence-electron chi connectivity index (χ2n) is 5.90. The van der Waals surface area contributed by atoms with Crippen LogP contribution in [0.2, 0.25) is 0 Å². The zero-order chi connectivity index (χ0) is 19.4. The van der Waals surface area contributed by atoms with Gasteiger partial charge in [-0.05, 0) is 43.7 Å². The molecule has 0 saturated heterocycles. The van der Waals surface area contributed by atoms with Crippen molar-refractivity contribution in [3.05, 3.63) is 75.1 Å². The van der Waals surface area contributed by atoms with Crippen LogP contribution in [0.25, 0.3) is 11.1 Å². The lowest BCUT2D eigenvalue weighted by Gasteiger charge is -2.09. The molecule has 0 aliphatic heterocycles. The normalized spacial score (nSPS) is 10.5. The molecule has 0 fully saturated rings. The number of amides is 1. The Kier molecular flexibility index (Phi) is 6.08. The van der Waals surface area contributed by atoms with Crippen molar-refractivity contribution in [2.45, 2.75) is 13.8 Å². The molecule has 0 saturated carbocycles. The Morgan fingerprint density at radius 1 is 1.07 bits per heavy atom. The molecule has 0 atom stereocenters. The van der Waals surface area contributed by atoms with Crippen molar-refractivity contribution < 1.29 is 14.3 Å². The number of ether oxygens (including phenoxy) is 1. The van der Waals surface area contributed by atoms with Crippen LogP contribution in [-0.4, -0.2) is 18.5 Å². The highest BCUT2D eigenvalue weighted by molar-refractivity contribution is 9.10. The standard InChI is InChI=1S/C21H18BrNO3S/c1-3-26-21(25)18-17(14-6-4-13(2)5-7-14)12-27-20(18)23-19(24)15-8-10-16(22)11-9-15/h4-12H,3H2,1-2H3,(H,23,24). The van der Waals surface area contributed by atoms with E-state index in [1.54, 1.807) is 31.2 Å². The third-order valence-corrected chi connectivity index (χ3v) is 5.39. The summed E-state index contributed by atoms with van der Waals surface area (Å²) in [4.78, 5) is 25.2. The topological polar surface area (TPSA) is 55.4 Å². The summed E-state index contributed by atoms with van der Waals surface area (Å²) in [5, 5.41) is 5.20. The second kappa shape index (κ2) is 8.50. The molecular formula is C21H18BrNO3S. The first kappa shape index (κ1) is 19.3. The Labute approximate surface area is 170 Å². The maximum absolute atomic E-state index is 12.6. The van der Waals surface area contributed by atoms with Gasteiger partial charge in [0.05, 0.1) is 6.61 Å². The molecule has 2 aromatic carbocycles. The minimum atomic E-state index is -0.444. The Hall–Kier alpha value is -2.44. The highest BCUT2D eigenvalue weighted by Gasteiger charge is 2.23. The van der Waals surface area contributed by atoms with Gasteiger partial charge in [0.1, 0.15) is 10.6 Å². The molecule has 1 aromatic heterocycles. The van der Waals surface area contributed by atoms with E-state index in [-0.39, 0.29) is 12.5 Å². The number of benzene rings is 2. The van der Waals surface area contributed by atoms with Crippen molar-refractivity contribution in [2.75, 3.05) is 11.9 Å². The summed E-state index contributed by atoms with van der Waals surface area (Å²) in [5.41, 5.74) is 3.69. The summed E-state index contributed by atoms with van der Waals surface area (Å²) in [5.74, 6) is -0.717. The monoisotopic (exact) mass is 443 g/mol. The summed E-state index contributed by atoms with van der Waals surface area (Å²) in [6, 6.07) is 14.9. The Balaban J connectivity index is 1.97. The molecule has 1 amide bonds. The Morgan fingerprint density at radius 2 is 1.74 bits per heavy atom. The third kappa shape index (κ3) is 4.46. The first-order valence-electron chi connectivity index (χ1n) is 8.42. The van der Waals surface area contributed by atoms with Crippen LogP contribution in [0.15, 0.2) is 58.4 Å². The molecule has 3 rings (SSSR count). The number of aryl methyl sites for hydroxylation is 1. The lowest BCUT2D eigenvalue weighted by atomic mass is 10.0. The molecule has 3 aromatic rings. The van der Waals surface area contributed by atoms with Crippen LogP contribution in [0.4, 0.5) is 5.00 Å². The molecular weight excluding hydrogens is 426 g/mol. The predicted molar refractivity (Wildman–Crippen MR) is 113 cm³/mol. The number of hydrogen-bond acceptors (Lipinski definition) is 4. The van der Waals surface area contributed by atoms with Gasteiger partial charge in [-0.1, -0.05) is 45.8 Å². The van der Waals surface area contributed by atoms with Crippen molar-refractivity contribution >= 4 is 44.1 Å². The zero-order valence-corrected chi connectivity index (χ0v) is 17.3. The number of anilines is 1. The lowest BCUT2D eigenvalue weighted by Crippen LogP contribution is -2.14. The van der Waals surface area contributed by atoms with Gasteiger partial charge in [-0.15, -0.1) is 11.3 Å². The van der Waals surface area contributed by atoms with Crippen LogP contribution in [0.3, 0.4) is 0 Å². The molecule has 0 unspecified atom stereocenters. The summed E-state index contributed by atoms with van der Waals surface area (Å²) in [6.07, 6.45) is 0. The minimum absolute atomic E-state index is 0.266. The van der Waals surface area contributed by atoms with Gasteiger partial charge in [-0.2, -0.15) is 0 Å². The van der Waals surface area contributed by atoms with Crippen LogP contribution in [0, 0.1) is 6.92 Å². The molecule has 1 heterocycles. The SMILES string of the molecule is CCOC(=O)c1c(-c2ccc(C)cc2)csc1NC(=O)c1ccc(Br)cc1. The van der Waals surface area contributed by atoms with Crippen LogP contribution in [-0.2, 0) is 4.74 Å². The summed E-state index contributed by atoms with van der Waals surface area (Å²) in [7, 11) is 0. The predicted octanol–water partition coefficient (Wildman–Crippen LogP) is 5.92. The molecule has 0 spiro atoms. The van der Waals surface area contributed by atoms with E-state index in [4.69, 9.17) is 4.74 Å². The van der Waals surface area contributed by atoms with Crippen molar-refractivity contribution in [1.82, 2.24) is 0 Å². The van der Waals surface area contributed by atoms with E-state index in [1.165, 1.54) is 11.3 Å². The van der Waals surface area contributed by atoms with Crippen LogP contribution >= 0.6 is 27.3 Å². The minimum Gasteiger partial charge on any atom is -0.462 e. The highest BCUT2D eigenvalue weighted by atomic mass is 79.9. The van der Waals surface area contributed by atoms with E-state index in [0.29, 0.717) is 16.1 Å². The van der Waals surface area contributed by atoms with Gasteiger partial charge in [-0.3, -0.25) is 4.79 Å². The fourth-order valence-corrected chi connectivity index (χ4v) is 3.79. The van der Waals surface area contributed by atoms with Gasteiger partial charge >= 0.3 is 5.97 Å². The lowest BCUT2D eigenvalue weighted by molar-refractivity contribution is 0.0529. The first-order chi connectivity index (χ1) is 13.0. The Morgan fingerprint density at radius 3 is 2.37 bits per heavy atom. The van der Waals surface area contributed by atoms with Gasteiger partial charge in [-0.25, -0.2) is 4.79 Å². The molecule has 27 heavy (non-hydrogen) atoms. The largest absolute Gasteiger partial charge is 0.462 e. The molecule has 6 heteroatoms. The first-order valence-corrected chi connectivity index (χ1v) is 10.1. The second-order valence-corrected chi connectivity index (χ2v) is 7.70. The molecule has 1 N–H and O–H groups in total. The molecule has 138 valence electrons. The van der Waals surface area contributed by atoms with Gasteiger partial charge < -0.3 is 10.1 Å². The van der Waals surface area contributed by atoms with Crippen LogP contribution in [0.1, 0.15) is 33.2 Å². The number of nitrogens with one attached hydrogen (secondary N) is 1. The number of carbonyl (C=O) groups excluding carboxylic acids is 2. The van der Waals surface area contributed by atoms with Crippen molar-refractivity contribution in [3.8, 4) is 11.1 Å². The maximum atomic E-state index is 12.6. The maximum Gasteiger partial charge on any atom is 0.341 e. The zero-order valence-electron chi connectivity index (χ0n) is 14.9. The van der Waals surface area contributed by atoms with Crippen LogP contribution in [0.5, 0.6) is 0 Å². The van der Waals surface area contributed by atoms with Crippen molar-refractivity contribution in [3.63, 3.8) is 0 Å². The number of halogens is 1. The summed E-state index contributed by atoms with van der Waals surface area (Å²) in [6.45, 7) is 4.03. The van der Waals surface area contributed by atoms with Gasteiger partial charge in [0.15, 0.2) is 0 Å². The van der Waals surface area contributed by atoms with E-state index in [0.717, 1.165) is 21.2 Å². The average molecular weight is 444 g/mol. The van der Waals surface area contributed by atoms with E-state index in [2.05, 4.69) is 21.2 Å². The quantitative estimate of drug-likeness (QED) is 0.498. The van der Waals surface area contributed by atoms with Gasteiger partial charge in [0.2, 0.25) is 0 Å². The van der Waals surface area contributed by atoms with Crippen LogP contribution < -0.4 is 5.32 Å². The van der Waals surface area contributed by atoms with Gasteiger partial charge in [0, 0.05) is 21.0 Å². The Bertz CT molecular complexity index is 962. The smallest absolute Gasteiger partial charge is 0.341 e. The van der Waals surface area contributed by atoms with E-state index < -0.39 is 5.97 Å². The number of hydrogen-bond donors (Lipinski definition) is 1. The fourth-order valence-electron chi connectivity index (χ4n) is 2.58.